The lowest BCUT2D eigenvalue weighted by Crippen LogP contribution is -2.32. The molecule has 0 radical (unpaired) electrons. The van der Waals surface area contributed by atoms with Crippen molar-refractivity contribution in [2.75, 3.05) is 26.3 Å². The lowest BCUT2D eigenvalue weighted by molar-refractivity contribution is 0.148. The second-order valence-corrected chi connectivity index (χ2v) is 7.47. The molecule has 106 valence electrons. The van der Waals surface area contributed by atoms with Crippen molar-refractivity contribution < 1.29 is 4.74 Å². The van der Waals surface area contributed by atoms with E-state index in [0.717, 1.165) is 31.0 Å². The Hall–Kier alpha value is -0.0800. The van der Waals surface area contributed by atoms with Gasteiger partial charge in [-0.15, -0.1) is 0 Å². The molecular weight excluding hydrogens is 222 g/mol. The third-order valence-electron chi connectivity index (χ3n) is 4.96. The molecule has 18 heavy (non-hydrogen) atoms. The van der Waals surface area contributed by atoms with E-state index < -0.39 is 0 Å². The second kappa shape index (κ2) is 6.38. The average Bonchev–Trinajstić information content (AvgIpc) is 2.82. The maximum Gasteiger partial charge on any atom is 0.0507 e. The molecule has 1 heterocycles. The van der Waals surface area contributed by atoms with Crippen molar-refractivity contribution in [1.82, 2.24) is 5.32 Å². The van der Waals surface area contributed by atoms with Crippen LogP contribution in [0.15, 0.2) is 0 Å². The summed E-state index contributed by atoms with van der Waals surface area (Å²) in [5.74, 6) is 2.64. The van der Waals surface area contributed by atoms with E-state index in [-0.39, 0.29) is 0 Å². The molecule has 1 saturated heterocycles. The van der Waals surface area contributed by atoms with Crippen LogP contribution in [0.4, 0.5) is 0 Å². The largest absolute Gasteiger partial charge is 0.381 e. The molecule has 1 unspecified atom stereocenters. The van der Waals surface area contributed by atoms with Crippen molar-refractivity contribution in [2.24, 2.45) is 23.2 Å². The first-order valence-electron chi connectivity index (χ1n) is 7.84. The van der Waals surface area contributed by atoms with Crippen molar-refractivity contribution in [3.63, 3.8) is 0 Å². The molecule has 1 aliphatic heterocycles. The molecule has 0 aromatic heterocycles. The van der Waals surface area contributed by atoms with E-state index in [1.165, 1.54) is 45.2 Å². The zero-order valence-corrected chi connectivity index (χ0v) is 12.5. The Labute approximate surface area is 113 Å². The van der Waals surface area contributed by atoms with Gasteiger partial charge in [0.25, 0.3) is 0 Å². The SMILES string of the molecule is CC(C)(C)C1CCC(CNCC2CCOC2)CC1. The van der Waals surface area contributed by atoms with Gasteiger partial charge in [-0.05, 0) is 61.8 Å². The molecule has 1 saturated carbocycles. The van der Waals surface area contributed by atoms with Crippen molar-refractivity contribution in [1.29, 1.82) is 0 Å². The van der Waals surface area contributed by atoms with Gasteiger partial charge in [0, 0.05) is 13.2 Å². The first-order chi connectivity index (χ1) is 8.55. The Kier molecular flexibility index (Phi) is 5.08. The van der Waals surface area contributed by atoms with Gasteiger partial charge in [-0.3, -0.25) is 0 Å². The van der Waals surface area contributed by atoms with Crippen LogP contribution >= 0.6 is 0 Å². The number of ether oxygens (including phenoxy) is 1. The first kappa shape index (κ1) is 14.3. The number of nitrogens with one attached hydrogen (secondary N) is 1. The van der Waals surface area contributed by atoms with E-state index in [2.05, 4.69) is 26.1 Å². The molecule has 0 aromatic carbocycles. The summed E-state index contributed by atoms with van der Waals surface area (Å²) in [6, 6.07) is 0. The minimum atomic E-state index is 0.513. The number of hydrogen-bond acceptors (Lipinski definition) is 2. The topological polar surface area (TPSA) is 21.3 Å². The van der Waals surface area contributed by atoms with Gasteiger partial charge in [0.2, 0.25) is 0 Å². The van der Waals surface area contributed by atoms with Gasteiger partial charge in [0.15, 0.2) is 0 Å². The summed E-state index contributed by atoms with van der Waals surface area (Å²) in [6.07, 6.45) is 6.97. The first-order valence-corrected chi connectivity index (χ1v) is 7.84. The Morgan fingerprint density at radius 1 is 0.944 bits per heavy atom. The average molecular weight is 253 g/mol. The lowest BCUT2D eigenvalue weighted by atomic mass is 9.70. The van der Waals surface area contributed by atoms with Crippen LogP contribution in [0.1, 0.15) is 52.9 Å². The number of rotatable bonds is 4. The molecule has 0 bridgehead atoms. The Balaban J connectivity index is 1.58. The standard InChI is InChI=1S/C16H31NO/c1-16(2,3)15-6-4-13(5-7-15)10-17-11-14-8-9-18-12-14/h13-15,17H,4-12H2,1-3H3. The van der Waals surface area contributed by atoms with Crippen molar-refractivity contribution in [2.45, 2.75) is 52.9 Å². The van der Waals surface area contributed by atoms with E-state index in [0.29, 0.717) is 5.41 Å². The van der Waals surface area contributed by atoms with Gasteiger partial charge in [0.05, 0.1) is 6.61 Å². The highest BCUT2D eigenvalue weighted by Gasteiger charge is 2.29. The summed E-state index contributed by atoms with van der Waals surface area (Å²) in [5, 5.41) is 3.67. The summed E-state index contributed by atoms with van der Waals surface area (Å²) in [6.45, 7) is 11.5. The van der Waals surface area contributed by atoms with Gasteiger partial charge in [0.1, 0.15) is 0 Å². The number of hydrogen-bond donors (Lipinski definition) is 1. The Morgan fingerprint density at radius 2 is 1.61 bits per heavy atom. The van der Waals surface area contributed by atoms with E-state index >= 15 is 0 Å². The van der Waals surface area contributed by atoms with Crippen LogP contribution in [0.5, 0.6) is 0 Å². The van der Waals surface area contributed by atoms with Crippen LogP contribution < -0.4 is 5.32 Å². The zero-order valence-electron chi connectivity index (χ0n) is 12.5. The third kappa shape index (κ3) is 4.24. The van der Waals surface area contributed by atoms with Gasteiger partial charge in [-0.2, -0.15) is 0 Å². The molecule has 2 rings (SSSR count). The van der Waals surface area contributed by atoms with Crippen molar-refractivity contribution in [3.8, 4) is 0 Å². The smallest absolute Gasteiger partial charge is 0.0507 e. The maximum absolute atomic E-state index is 5.41. The molecular formula is C16H31NO. The van der Waals surface area contributed by atoms with Crippen LogP contribution in [0.2, 0.25) is 0 Å². The van der Waals surface area contributed by atoms with Crippen LogP contribution in [-0.4, -0.2) is 26.3 Å². The van der Waals surface area contributed by atoms with Crippen LogP contribution in [-0.2, 0) is 4.74 Å². The molecule has 2 nitrogen and oxygen atoms in total. The minimum Gasteiger partial charge on any atom is -0.381 e. The maximum atomic E-state index is 5.41. The Bertz CT molecular complexity index is 232. The molecule has 2 aliphatic rings. The Morgan fingerprint density at radius 3 is 2.17 bits per heavy atom. The molecule has 0 amide bonds. The fourth-order valence-corrected chi connectivity index (χ4v) is 3.47. The van der Waals surface area contributed by atoms with E-state index in [4.69, 9.17) is 4.74 Å². The van der Waals surface area contributed by atoms with E-state index in [9.17, 15) is 0 Å². The third-order valence-corrected chi connectivity index (χ3v) is 4.96. The summed E-state index contributed by atoms with van der Waals surface area (Å²) < 4.78 is 5.41. The van der Waals surface area contributed by atoms with Gasteiger partial charge in [-0.1, -0.05) is 20.8 Å². The summed E-state index contributed by atoms with van der Waals surface area (Å²) in [7, 11) is 0. The second-order valence-electron chi connectivity index (χ2n) is 7.47. The fraction of sp³-hybridized carbons (Fsp3) is 1.00. The molecule has 0 aromatic rings. The molecule has 0 spiro atoms. The fourth-order valence-electron chi connectivity index (χ4n) is 3.47. The molecule has 2 fully saturated rings. The summed E-state index contributed by atoms with van der Waals surface area (Å²) >= 11 is 0. The predicted molar refractivity (Wildman–Crippen MR) is 76.7 cm³/mol. The van der Waals surface area contributed by atoms with Crippen LogP contribution in [0.25, 0.3) is 0 Å². The highest BCUT2D eigenvalue weighted by Crippen LogP contribution is 2.39. The summed E-state index contributed by atoms with van der Waals surface area (Å²) in [4.78, 5) is 0. The molecule has 1 N–H and O–H groups in total. The highest BCUT2D eigenvalue weighted by atomic mass is 16.5. The van der Waals surface area contributed by atoms with Gasteiger partial charge < -0.3 is 10.1 Å². The van der Waals surface area contributed by atoms with E-state index in [1.807, 2.05) is 0 Å². The lowest BCUT2D eigenvalue weighted by Gasteiger charge is -2.37. The van der Waals surface area contributed by atoms with Crippen molar-refractivity contribution in [3.05, 3.63) is 0 Å². The molecule has 1 atom stereocenters. The molecule has 2 heteroatoms. The van der Waals surface area contributed by atoms with Crippen LogP contribution in [0.3, 0.4) is 0 Å². The van der Waals surface area contributed by atoms with Gasteiger partial charge >= 0.3 is 0 Å². The van der Waals surface area contributed by atoms with Gasteiger partial charge in [-0.25, -0.2) is 0 Å². The normalized spacial score (nSPS) is 33.8. The monoisotopic (exact) mass is 253 g/mol. The van der Waals surface area contributed by atoms with Crippen molar-refractivity contribution >= 4 is 0 Å². The van der Waals surface area contributed by atoms with Crippen LogP contribution in [0, 0.1) is 23.2 Å². The zero-order chi connectivity index (χ0) is 13.0. The predicted octanol–water partition coefficient (Wildman–Crippen LogP) is 3.47. The quantitative estimate of drug-likeness (QED) is 0.828. The highest BCUT2D eigenvalue weighted by molar-refractivity contribution is 4.81. The minimum absolute atomic E-state index is 0.513. The summed E-state index contributed by atoms with van der Waals surface area (Å²) in [5.41, 5.74) is 0.513. The van der Waals surface area contributed by atoms with E-state index in [1.54, 1.807) is 0 Å². The molecule has 1 aliphatic carbocycles.